The van der Waals surface area contributed by atoms with Gasteiger partial charge in [0.1, 0.15) is 11.3 Å². The number of hydrogen-bond donors (Lipinski definition) is 1. The van der Waals surface area contributed by atoms with E-state index in [1.165, 1.54) is 6.07 Å². The van der Waals surface area contributed by atoms with Crippen molar-refractivity contribution in [1.29, 1.82) is 0 Å². The average Bonchev–Trinajstić information content (AvgIpc) is 3.29. The minimum Gasteiger partial charge on any atom is -0.482 e. The minimum absolute atomic E-state index is 0.0180. The van der Waals surface area contributed by atoms with Gasteiger partial charge in [0.15, 0.2) is 18.1 Å². The zero-order valence-corrected chi connectivity index (χ0v) is 19.4. The maximum Gasteiger partial charge on any atom is 0.339 e. The number of carbonyl (C=O) groups is 2. The Bertz CT molecular complexity index is 1170. The van der Waals surface area contributed by atoms with Gasteiger partial charge in [0.25, 0.3) is 5.91 Å². The van der Waals surface area contributed by atoms with Crippen LogP contribution in [0, 0.1) is 0 Å². The van der Waals surface area contributed by atoms with Crippen LogP contribution < -0.4 is 14.2 Å². The molecule has 0 aromatic heterocycles. The van der Waals surface area contributed by atoms with E-state index >= 15 is 0 Å². The summed E-state index contributed by atoms with van der Waals surface area (Å²) in [7, 11) is 0. The van der Waals surface area contributed by atoms with Gasteiger partial charge < -0.3 is 24.2 Å². The van der Waals surface area contributed by atoms with Gasteiger partial charge in [0, 0.05) is 6.54 Å². The second kappa shape index (κ2) is 9.95. The maximum atomic E-state index is 13.3. The quantitative estimate of drug-likeness (QED) is 0.455. The molecule has 7 nitrogen and oxygen atoms in total. The number of fused-ring (bicyclic) bond motifs is 1. The minimum atomic E-state index is -1.13. The number of nitrogens with zero attached hydrogens (tertiary/aromatic N) is 1. The Labute approximate surface area is 199 Å². The van der Waals surface area contributed by atoms with E-state index in [1.807, 2.05) is 55.5 Å². The normalized spacial score (nSPS) is 12.8. The van der Waals surface area contributed by atoms with E-state index in [1.54, 1.807) is 17.0 Å². The molecule has 170 valence electrons. The summed E-state index contributed by atoms with van der Waals surface area (Å²) in [6, 6.07) is 19.7. The molecule has 0 bridgehead atoms. The second-order valence-electron chi connectivity index (χ2n) is 7.51. The number of carbonyl (C=O) groups excluding carboxylic acids is 1. The zero-order chi connectivity index (χ0) is 23.4. The van der Waals surface area contributed by atoms with Gasteiger partial charge in [-0.05, 0) is 58.2 Å². The lowest BCUT2D eigenvalue weighted by molar-refractivity contribution is -0.136. The zero-order valence-electron chi connectivity index (χ0n) is 17.9. The lowest BCUT2D eigenvalue weighted by atomic mass is 10.1. The molecule has 33 heavy (non-hydrogen) atoms. The molecule has 0 spiro atoms. The first-order valence-electron chi connectivity index (χ1n) is 10.3. The first-order chi connectivity index (χ1) is 15.9. The van der Waals surface area contributed by atoms with Crippen molar-refractivity contribution in [2.45, 2.75) is 19.5 Å². The third-order valence-corrected chi connectivity index (χ3v) is 6.02. The summed E-state index contributed by atoms with van der Waals surface area (Å²) in [5.41, 5.74) is 1.83. The van der Waals surface area contributed by atoms with Crippen LogP contribution in [0.4, 0.5) is 0 Å². The molecule has 3 aromatic carbocycles. The maximum absolute atomic E-state index is 13.3. The Morgan fingerprint density at radius 3 is 2.58 bits per heavy atom. The summed E-state index contributed by atoms with van der Waals surface area (Å²) >= 11 is 3.31. The van der Waals surface area contributed by atoms with E-state index in [4.69, 9.17) is 14.2 Å². The van der Waals surface area contributed by atoms with Gasteiger partial charge in [-0.25, -0.2) is 4.79 Å². The van der Waals surface area contributed by atoms with Gasteiger partial charge in [-0.1, -0.05) is 42.5 Å². The largest absolute Gasteiger partial charge is 0.482 e. The van der Waals surface area contributed by atoms with Crippen molar-refractivity contribution in [2.24, 2.45) is 0 Å². The Morgan fingerprint density at radius 1 is 1.06 bits per heavy atom. The molecule has 8 heteroatoms. The van der Waals surface area contributed by atoms with Crippen LogP contribution in [0.25, 0.3) is 0 Å². The number of hydrogen-bond acceptors (Lipinski definition) is 5. The molecule has 0 aliphatic carbocycles. The number of amides is 1. The van der Waals surface area contributed by atoms with Crippen LogP contribution >= 0.6 is 15.9 Å². The highest BCUT2D eigenvalue weighted by atomic mass is 79.9. The number of benzene rings is 3. The monoisotopic (exact) mass is 511 g/mol. The summed E-state index contributed by atoms with van der Waals surface area (Å²) in [5.74, 6) is 0.0208. The molecular formula is C25H22BrNO6. The predicted octanol–water partition coefficient (Wildman–Crippen LogP) is 5.04. The van der Waals surface area contributed by atoms with Crippen LogP contribution in [-0.4, -0.2) is 35.3 Å². The van der Waals surface area contributed by atoms with Crippen molar-refractivity contribution in [2.75, 3.05) is 13.4 Å². The Kier molecular flexibility index (Phi) is 6.84. The molecule has 1 atom stereocenters. The van der Waals surface area contributed by atoms with Gasteiger partial charge in [-0.3, -0.25) is 4.79 Å². The van der Waals surface area contributed by atoms with E-state index in [2.05, 4.69) is 15.9 Å². The van der Waals surface area contributed by atoms with Crippen molar-refractivity contribution < 1.29 is 28.9 Å². The highest BCUT2D eigenvalue weighted by Gasteiger charge is 2.25. The smallest absolute Gasteiger partial charge is 0.339 e. The van der Waals surface area contributed by atoms with Gasteiger partial charge in [0.05, 0.1) is 10.5 Å². The van der Waals surface area contributed by atoms with Crippen molar-refractivity contribution >= 4 is 27.8 Å². The van der Waals surface area contributed by atoms with Crippen LogP contribution in [0.15, 0.2) is 71.2 Å². The molecular weight excluding hydrogens is 490 g/mol. The van der Waals surface area contributed by atoms with Gasteiger partial charge in [0.2, 0.25) is 6.79 Å². The fourth-order valence-corrected chi connectivity index (χ4v) is 4.11. The molecule has 1 aliphatic heterocycles. The van der Waals surface area contributed by atoms with E-state index in [9.17, 15) is 14.7 Å². The topological polar surface area (TPSA) is 85.3 Å². The molecule has 1 heterocycles. The summed E-state index contributed by atoms with van der Waals surface area (Å²) in [5, 5.41) is 9.45. The van der Waals surface area contributed by atoms with E-state index in [-0.39, 0.29) is 36.7 Å². The molecule has 0 saturated heterocycles. The molecule has 0 radical (unpaired) electrons. The van der Waals surface area contributed by atoms with Crippen LogP contribution in [0.5, 0.6) is 17.2 Å². The number of carboxylic acids is 1. The number of aromatic carboxylic acids is 1. The Hall–Kier alpha value is -3.52. The third kappa shape index (κ3) is 5.12. The first-order valence-corrected chi connectivity index (χ1v) is 11.1. The molecule has 0 saturated carbocycles. The highest BCUT2D eigenvalue weighted by molar-refractivity contribution is 9.10. The fraction of sp³-hybridized carbons (Fsp3) is 0.200. The van der Waals surface area contributed by atoms with Crippen molar-refractivity contribution in [3.8, 4) is 17.2 Å². The fourth-order valence-electron chi connectivity index (χ4n) is 3.63. The van der Waals surface area contributed by atoms with Crippen LogP contribution in [0.3, 0.4) is 0 Å². The number of ether oxygens (including phenoxy) is 3. The Balaban J connectivity index is 1.58. The molecule has 1 amide bonds. The Morgan fingerprint density at radius 2 is 1.82 bits per heavy atom. The predicted molar refractivity (Wildman–Crippen MR) is 125 cm³/mol. The molecule has 1 unspecified atom stereocenters. The van der Waals surface area contributed by atoms with E-state index in [0.29, 0.717) is 22.5 Å². The number of halogens is 1. The van der Waals surface area contributed by atoms with Crippen molar-refractivity contribution in [3.05, 3.63) is 87.9 Å². The lowest BCUT2D eigenvalue weighted by Gasteiger charge is -2.30. The SMILES string of the molecule is CC(c1ccccc1)N(Cc1ccc2c(c1)OCO2)C(=O)COc1c(Br)cccc1C(=O)O. The highest BCUT2D eigenvalue weighted by Crippen LogP contribution is 2.34. The molecule has 4 rings (SSSR count). The van der Waals surface area contributed by atoms with Crippen LogP contribution in [-0.2, 0) is 11.3 Å². The molecule has 1 N–H and O–H groups in total. The van der Waals surface area contributed by atoms with Gasteiger partial charge in [-0.2, -0.15) is 0 Å². The van der Waals surface area contributed by atoms with Crippen molar-refractivity contribution in [3.63, 3.8) is 0 Å². The van der Waals surface area contributed by atoms with Crippen LogP contribution in [0.2, 0.25) is 0 Å². The molecule has 1 aliphatic rings. The standard InChI is InChI=1S/C25H22BrNO6/c1-16(18-6-3-2-4-7-18)27(13-17-10-11-21-22(12-17)33-15-32-21)23(28)14-31-24-19(25(29)30)8-5-9-20(24)26/h2-12,16H,13-15H2,1H3,(H,29,30). The summed E-state index contributed by atoms with van der Waals surface area (Å²) in [4.78, 5) is 26.6. The van der Waals surface area contributed by atoms with Crippen molar-refractivity contribution in [1.82, 2.24) is 4.90 Å². The third-order valence-electron chi connectivity index (χ3n) is 5.40. The molecule has 0 fully saturated rings. The average molecular weight is 512 g/mol. The van der Waals surface area contributed by atoms with E-state index in [0.717, 1.165) is 11.1 Å². The van der Waals surface area contributed by atoms with Gasteiger partial charge in [-0.15, -0.1) is 0 Å². The second-order valence-corrected chi connectivity index (χ2v) is 8.36. The van der Waals surface area contributed by atoms with Gasteiger partial charge >= 0.3 is 5.97 Å². The summed E-state index contributed by atoms with van der Waals surface area (Å²) in [6.07, 6.45) is 0. The van der Waals surface area contributed by atoms with Crippen LogP contribution in [0.1, 0.15) is 34.5 Å². The number of carboxylic acid groups (broad SMARTS) is 1. The lowest BCUT2D eigenvalue weighted by Crippen LogP contribution is -2.36. The first kappa shape index (κ1) is 22.7. The van der Waals surface area contributed by atoms with E-state index < -0.39 is 5.97 Å². The summed E-state index contributed by atoms with van der Waals surface area (Å²) in [6.45, 7) is 2.12. The summed E-state index contributed by atoms with van der Waals surface area (Å²) < 4.78 is 17.0. The number of rotatable bonds is 8. The molecule has 3 aromatic rings. The number of para-hydroxylation sites is 1.